The van der Waals surface area contributed by atoms with Crippen LogP contribution in [-0.4, -0.2) is 40.2 Å². The highest BCUT2D eigenvalue weighted by Gasteiger charge is 2.25. The van der Waals surface area contributed by atoms with Crippen molar-refractivity contribution in [3.8, 4) is 5.88 Å². The summed E-state index contributed by atoms with van der Waals surface area (Å²) in [5.74, 6) is 0.662. The Hall–Kier alpha value is -2.95. The van der Waals surface area contributed by atoms with Gasteiger partial charge in [0.2, 0.25) is 11.8 Å². The third kappa shape index (κ3) is 3.67. The Morgan fingerprint density at radius 3 is 2.88 bits per heavy atom. The molecule has 0 spiro atoms. The summed E-state index contributed by atoms with van der Waals surface area (Å²) in [7, 11) is 0. The lowest BCUT2D eigenvalue weighted by atomic mass is 10.0. The number of piperidine rings is 1. The second-order valence-electron chi connectivity index (χ2n) is 6.60. The predicted octanol–water partition coefficient (Wildman–Crippen LogP) is 3.24. The number of hydrogen-bond acceptors (Lipinski definition) is 4. The van der Waals surface area contributed by atoms with Gasteiger partial charge < -0.3 is 9.64 Å². The summed E-state index contributed by atoms with van der Waals surface area (Å²) in [4.78, 5) is 14.8. The fourth-order valence-corrected chi connectivity index (χ4v) is 3.50. The van der Waals surface area contributed by atoms with Gasteiger partial charge in [0.25, 0.3) is 0 Å². The van der Waals surface area contributed by atoms with Gasteiger partial charge in [-0.1, -0.05) is 42.5 Å². The molecule has 1 saturated heterocycles. The number of hydrogen-bond donors (Lipinski definition) is 0. The van der Waals surface area contributed by atoms with Crippen molar-refractivity contribution in [3.05, 3.63) is 66.4 Å². The zero-order valence-corrected chi connectivity index (χ0v) is 14.5. The van der Waals surface area contributed by atoms with Crippen molar-refractivity contribution in [2.75, 3.05) is 13.1 Å². The highest BCUT2D eigenvalue weighted by molar-refractivity contribution is 5.90. The van der Waals surface area contributed by atoms with Gasteiger partial charge >= 0.3 is 0 Å². The molecule has 26 heavy (non-hydrogen) atoms. The summed E-state index contributed by atoms with van der Waals surface area (Å²) in [5.41, 5.74) is 1.07. The fourth-order valence-electron chi connectivity index (χ4n) is 3.50. The number of carbonyl (C=O) groups is 1. The summed E-state index contributed by atoms with van der Waals surface area (Å²) in [6.45, 7) is 1.38. The third-order valence-corrected chi connectivity index (χ3v) is 4.79. The minimum Gasteiger partial charge on any atom is -0.471 e. The predicted molar refractivity (Wildman–Crippen MR) is 99.9 cm³/mol. The van der Waals surface area contributed by atoms with E-state index in [9.17, 15) is 4.79 Å². The van der Waals surface area contributed by atoms with E-state index in [-0.39, 0.29) is 12.0 Å². The molecule has 1 atom stereocenters. The Morgan fingerprint density at radius 2 is 2.00 bits per heavy atom. The molecule has 5 nitrogen and oxygen atoms in total. The van der Waals surface area contributed by atoms with Crippen molar-refractivity contribution >= 4 is 16.7 Å². The first-order valence-electron chi connectivity index (χ1n) is 8.98. The molecule has 0 bridgehead atoms. The molecular weight excluding hydrogens is 326 g/mol. The van der Waals surface area contributed by atoms with Crippen LogP contribution in [0.4, 0.5) is 0 Å². The summed E-state index contributed by atoms with van der Waals surface area (Å²) < 4.78 is 5.89. The SMILES string of the molecule is O=C(Cc1cccc2ccccc12)N1CCCC(Oc2cccnn2)C1. The van der Waals surface area contributed by atoms with E-state index >= 15 is 0 Å². The number of benzene rings is 2. The standard InChI is InChI=1S/C21H21N3O2/c25-21(14-17-8-3-7-16-6-1-2-10-19(16)17)24-13-5-9-18(15-24)26-20-11-4-12-22-23-20/h1-4,6-8,10-12,18H,5,9,13-15H2. The zero-order chi connectivity index (χ0) is 17.8. The van der Waals surface area contributed by atoms with Gasteiger partial charge in [0.1, 0.15) is 6.10 Å². The van der Waals surface area contributed by atoms with Gasteiger partial charge in [-0.05, 0) is 35.2 Å². The number of rotatable bonds is 4. The van der Waals surface area contributed by atoms with E-state index < -0.39 is 0 Å². The minimum atomic E-state index is -0.0306. The maximum Gasteiger partial charge on any atom is 0.233 e. The molecule has 1 aliphatic heterocycles. The van der Waals surface area contributed by atoms with Crippen LogP contribution >= 0.6 is 0 Å². The van der Waals surface area contributed by atoms with Crippen LogP contribution in [0.5, 0.6) is 5.88 Å². The van der Waals surface area contributed by atoms with Crippen LogP contribution < -0.4 is 4.74 Å². The van der Waals surface area contributed by atoms with Crippen molar-refractivity contribution in [2.45, 2.75) is 25.4 Å². The van der Waals surface area contributed by atoms with E-state index in [4.69, 9.17) is 4.74 Å². The number of likely N-dealkylation sites (tertiary alicyclic amines) is 1. The highest BCUT2D eigenvalue weighted by Crippen LogP contribution is 2.21. The van der Waals surface area contributed by atoms with Crippen LogP contribution in [0.1, 0.15) is 18.4 Å². The Labute approximate surface area is 152 Å². The van der Waals surface area contributed by atoms with E-state index in [0.717, 1.165) is 30.3 Å². The number of nitrogens with zero attached hydrogens (tertiary/aromatic N) is 3. The number of fused-ring (bicyclic) bond motifs is 1. The molecule has 4 rings (SSSR count). The zero-order valence-electron chi connectivity index (χ0n) is 14.5. The second-order valence-corrected chi connectivity index (χ2v) is 6.60. The molecule has 0 aliphatic carbocycles. The summed E-state index contributed by atoms with van der Waals surface area (Å²) >= 11 is 0. The van der Waals surface area contributed by atoms with Gasteiger partial charge in [0.15, 0.2) is 0 Å². The summed E-state index contributed by atoms with van der Waals surface area (Å²) in [6.07, 6.45) is 3.87. The van der Waals surface area contributed by atoms with Crippen molar-refractivity contribution in [1.29, 1.82) is 0 Å². The Balaban J connectivity index is 1.44. The van der Waals surface area contributed by atoms with Crippen LogP contribution in [0.25, 0.3) is 10.8 Å². The second kappa shape index (κ2) is 7.52. The van der Waals surface area contributed by atoms with Crippen molar-refractivity contribution < 1.29 is 9.53 Å². The molecule has 0 radical (unpaired) electrons. The minimum absolute atomic E-state index is 0.0306. The average molecular weight is 347 g/mol. The quantitative estimate of drug-likeness (QED) is 0.727. The smallest absolute Gasteiger partial charge is 0.233 e. The molecule has 0 N–H and O–H groups in total. The Bertz CT molecular complexity index is 893. The van der Waals surface area contributed by atoms with Gasteiger partial charge in [-0.2, -0.15) is 5.10 Å². The monoisotopic (exact) mass is 347 g/mol. The first-order chi connectivity index (χ1) is 12.8. The molecule has 0 saturated carbocycles. The molecule has 2 aromatic carbocycles. The van der Waals surface area contributed by atoms with Crippen molar-refractivity contribution in [2.24, 2.45) is 0 Å². The maximum atomic E-state index is 12.9. The first kappa shape index (κ1) is 16.5. The van der Waals surface area contributed by atoms with Crippen LogP contribution in [0.3, 0.4) is 0 Å². The molecule has 5 heteroatoms. The van der Waals surface area contributed by atoms with Crippen LogP contribution in [0.2, 0.25) is 0 Å². The first-order valence-corrected chi connectivity index (χ1v) is 8.98. The number of carbonyl (C=O) groups excluding carboxylic acids is 1. The maximum absolute atomic E-state index is 12.9. The lowest BCUT2D eigenvalue weighted by Crippen LogP contribution is -2.45. The lowest BCUT2D eigenvalue weighted by molar-refractivity contribution is -0.133. The average Bonchev–Trinajstić information content (AvgIpc) is 2.69. The fraction of sp³-hybridized carbons (Fsp3) is 0.286. The lowest BCUT2D eigenvalue weighted by Gasteiger charge is -2.32. The Morgan fingerprint density at radius 1 is 1.12 bits per heavy atom. The van der Waals surface area contributed by atoms with Gasteiger partial charge in [-0.25, -0.2) is 0 Å². The topological polar surface area (TPSA) is 55.3 Å². The molecular formula is C21H21N3O2. The van der Waals surface area contributed by atoms with E-state index in [0.29, 0.717) is 18.8 Å². The van der Waals surface area contributed by atoms with E-state index in [2.05, 4.69) is 28.4 Å². The largest absolute Gasteiger partial charge is 0.471 e. The summed E-state index contributed by atoms with van der Waals surface area (Å²) in [6, 6.07) is 17.9. The molecule has 1 aliphatic rings. The summed E-state index contributed by atoms with van der Waals surface area (Å²) in [5, 5.41) is 10.1. The van der Waals surface area contributed by atoms with E-state index in [1.54, 1.807) is 18.3 Å². The van der Waals surface area contributed by atoms with Gasteiger partial charge in [-0.3, -0.25) is 4.79 Å². The van der Waals surface area contributed by atoms with Gasteiger partial charge in [0, 0.05) is 18.8 Å². The van der Waals surface area contributed by atoms with E-state index in [1.807, 2.05) is 29.2 Å². The molecule has 1 fully saturated rings. The van der Waals surface area contributed by atoms with Crippen molar-refractivity contribution in [3.63, 3.8) is 0 Å². The Kier molecular flexibility index (Phi) is 4.78. The van der Waals surface area contributed by atoms with Crippen molar-refractivity contribution in [1.82, 2.24) is 15.1 Å². The van der Waals surface area contributed by atoms with Gasteiger partial charge in [-0.15, -0.1) is 5.10 Å². The van der Waals surface area contributed by atoms with Gasteiger partial charge in [0.05, 0.1) is 13.0 Å². The third-order valence-electron chi connectivity index (χ3n) is 4.79. The van der Waals surface area contributed by atoms with Crippen LogP contribution in [0, 0.1) is 0 Å². The molecule has 1 amide bonds. The molecule has 3 aromatic rings. The van der Waals surface area contributed by atoms with Crippen LogP contribution in [-0.2, 0) is 11.2 Å². The molecule has 1 unspecified atom stereocenters. The number of ether oxygens (including phenoxy) is 1. The van der Waals surface area contributed by atoms with Crippen LogP contribution in [0.15, 0.2) is 60.8 Å². The number of aromatic nitrogens is 2. The van der Waals surface area contributed by atoms with E-state index in [1.165, 1.54) is 5.39 Å². The molecule has 132 valence electrons. The highest BCUT2D eigenvalue weighted by atomic mass is 16.5. The number of amides is 1. The molecule has 1 aromatic heterocycles. The normalized spacial score (nSPS) is 17.2. The molecule has 2 heterocycles.